The van der Waals surface area contributed by atoms with E-state index < -0.39 is 5.91 Å². The van der Waals surface area contributed by atoms with Crippen LogP contribution < -0.4 is 21.1 Å². The van der Waals surface area contributed by atoms with Gasteiger partial charge in [0.15, 0.2) is 0 Å². The number of nitrogens with zero attached hydrogens (tertiary/aromatic N) is 3. The Morgan fingerprint density at radius 3 is 2.85 bits per heavy atom. The number of likely N-dealkylation sites (N-methyl/N-ethyl adjacent to an activating group) is 1. The number of aryl methyl sites for hydroxylation is 1. The third-order valence-electron chi connectivity index (χ3n) is 6.47. The van der Waals surface area contributed by atoms with Crippen molar-refractivity contribution < 1.29 is 9.53 Å². The Morgan fingerprint density at radius 2 is 2.03 bits per heavy atom. The van der Waals surface area contributed by atoms with E-state index in [1.165, 1.54) is 28.5 Å². The van der Waals surface area contributed by atoms with Gasteiger partial charge in [-0.15, -0.1) is 0 Å². The molecule has 0 spiro atoms. The Kier molecular flexibility index (Phi) is 5.60. The summed E-state index contributed by atoms with van der Waals surface area (Å²) >= 11 is 0. The van der Waals surface area contributed by atoms with Gasteiger partial charge in [-0.2, -0.15) is 4.98 Å². The molecule has 2 aliphatic rings. The summed E-state index contributed by atoms with van der Waals surface area (Å²) in [6, 6.07) is 12.6. The first-order chi connectivity index (χ1) is 16.0. The van der Waals surface area contributed by atoms with Crippen molar-refractivity contribution in [3.8, 4) is 5.75 Å². The predicted octanol–water partition coefficient (Wildman–Crippen LogP) is 3.42. The van der Waals surface area contributed by atoms with E-state index in [1.54, 1.807) is 7.11 Å². The molecule has 2 aromatic carbocycles. The maximum absolute atomic E-state index is 12.1. The Labute approximate surface area is 193 Å². The molecule has 1 aromatic heterocycles. The van der Waals surface area contributed by atoms with E-state index >= 15 is 0 Å². The number of anilines is 3. The van der Waals surface area contributed by atoms with Gasteiger partial charge in [0.25, 0.3) is 5.91 Å². The maximum Gasteiger partial charge on any atom is 0.254 e. The molecule has 170 valence electrons. The molecule has 2 heterocycles. The summed E-state index contributed by atoms with van der Waals surface area (Å²) in [5.74, 6) is 0.972. The van der Waals surface area contributed by atoms with Gasteiger partial charge in [-0.1, -0.05) is 24.3 Å². The molecule has 1 atom stereocenters. The molecule has 0 radical (unpaired) electrons. The highest BCUT2D eigenvalue weighted by molar-refractivity contribution is 5.97. The molecule has 3 aromatic rings. The van der Waals surface area contributed by atoms with E-state index in [1.807, 2.05) is 12.1 Å². The fourth-order valence-corrected chi connectivity index (χ4v) is 4.72. The Morgan fingerprint density at radius 1 is 1.18 bits per heavy atom. The van der Waals surface area contributed by atoms with Crippen molar-refractivity contribution in [1.29, 1.82) is 0 Å². The number of carbonyl (C=O) groups is 1. The molecule has 8 heteroatoms. The van der Waals surface area contributed by atoms with Crippen LogP contribution in [0.25, 0.3) is 0 Å². The molecule has 1 aliphatic carbocycles. The van der Waals surface area contributed by atoms with E-state index in [2.05, 4.69) is 56.8 Å². The number of primary amides is 1. The molecule has 0 unspecified atom stereocenters. The number of fused-ring (bicyclic) bond motifs is 2. The van der Waals surface area contributed by atoms with Crippen LogP contribution in [-0.4, -0.2) is 41.5 Å². The number of aromatic nitrogens is 2. The van der Waals surface area contributed by atoms with Crippen LogP contribution in [0.15, 0.2) is 42.6 Å². The molecule has 8 nitrogen and oxygen atoms in total. The van der Waals surface area contributed by atoms with Crippen molar-refractivity contribution in [3.63, 3.8) is 0 Å². The highest BCUT2D eigenvalue weighted by atomic mass is 16.5. The second-order valence-corrected chi connectivity index (χ2v) is 8.69. The lowest BCUT2D eigenvalue weighted by atomic mass is 9.99. The summed E-state index contributed by atoms with van der Waals surface area (Å²) in [4.78, 5) is 23.3. The zero-order valence-corrected chi connectivity index (χ0v) is 18.9. The first-order valence-corrected chi connectivity index (χ1v) is 11.2. The largest absolute Gasteiger partial charge is 0.495 e. The van der Waals surface area contributed by atoms with Crippen molar-refractivity contribution in [2.45, 2.75) is 31.8 Å². The van der Waals surface area contributed by atoms with Gasteiger partial charge in [0.05, 0.1) is 24.4 Å². The van der Waals surface area contributed by atoms with Crippen molar-refractivity contribution >= 4 is 23.4 Å². The molecular formula is C25H28N6O2. The number of nitrogens with one attached hydrogen (secondary N) is 2. The minimum absolute atomic E-state index is 0.0656. The van der Waals surface area contributed by atoms with Crippen molar-refractivity contribution in [3.05, 3.63) is 70.4 Å². The van der Waals surface area contributed by atoms with E-state index in [0.717, 1.165) is 43.8 Å². The Bertz CT molecular complexity index is 1210. The standard InChI is InChI=1S/C25H28N6O2/c1-31-10-9-16-12-22(33-2)21(11-17(16)14-31)29-25-27-13-19(23(26)32)24(30-25)28-20-8-7-15-5-3-4-6-18(15)20/h3-6,11-13,20H,7-10,14H2,1-2H3,(H2,26,32)(H2,27,28,29,30)/t20-/m0/s1. The molecule has 4 N–H and O–H groups in total. The number of methoxy groups -OCH3 is 1. The quantitative estimate of drug-likeness (QED) is 0.535. The van der Waals surface area contributed by atoms with Crippen LogP contribution in [0.5, 0.6) is 5.75 Å². The highest BCUT2D eigenvalue weighted by Crippen LogP contribution is 2.35. The van der Waals surface area contributed by atoms with Gasteiger partial charge >= 0.3 is 0 Å². The lowest BCUT2D eigenvalue weighted by molar-refractivity contribution is 0.100. The molecular weight excluding hydrogens is 416 g/mol. The molecule has 1 amide bonds. The number of nitrogens with two attached hydrogens (primary N) is 1. The lowest BCUT2D eigenvalue weighted by Crippen LogP contribution is -2.26. The van der Waals surface area contributed by atoms with Gasteiger partial charge in [0.1, 0.15) is 11.6 Å². The summed E-state index contributed by atoms with van der Waals surface area (Å²) in [5.41, 5.74) is 11.8. The molecule has 1 aliphatic heterocycles. The van der Waals surface area contributed by atoms with Gasteiger partial charge in [0.2, 0.25) is 5.95 Å². The summed E-state index contributed by atoms with van der Waals surface area (Å²) in [6.45, 7) is 1.91. The second kappa shape index (κ2) is 8.71. The van der Waals surface area contributed by atoms with Crippen LogP contribution in [0.3, 0.4) is 0 Å². The van der Waals surface area contributed by atoms with Gasteiger partial charge in [-0.3, -0.25) is 4.79 Å². The monoisotopic (exact) mass is 444 g/mol. The average molecular weight is 445 g/mol. The molecule has 0 saturated carbocycles. The Hall–Kier alpha value is -3.65. The number of ether oxygens (including phenoxy) is 1. The number of rotatable bonds is 6. The molecule has 33 heavy (non-hydrogen) atoms. The SMILES string of the molecule is COc1cc2c(cc1Nc1ncc(C(N)=O)c(N[C@H]3CCc4ccccc43)n1)CN(C)CC2. The van der Waals surface area contributed by atoms with Crippen LogP contribution in [0.4, 0.5) is 17.5 Å². The number of benzene rings is 2. The summed E-state index contributed by atoms with van der Waals surface area (Å²) < 4.78 is 5.63. The molecule has 0 fully saturated rings. The van der Waals surface area contributed by atoms with E-state index in [0.29, 0.717) is 11.8 Å². The number of carbonyl (C=O) groups excluding carboxylic acids is 1. The predicted molar refractivity (Wildman–Crippen MR) is 128 cm³/mol. The van der Waals surface area contributed by atoms with Gasteiger partial charge in [-0.05, 0) is 60.7 Å². The number of amides is 1. The topological polar surface area (TPSA) is 105 Å². The van der Waals surface area contributed by atoms with E-state index in [9.17, 15) is 4.79 Å². The van der Waals surface area contributed by atoms with Crippen molar-refractivity contribution in [2.75, 3.05) is 31.3 Å². The summed E-state index contributed by atoms with van der Waals surface area (Å²) in [5, 5.41) is 6.71. The highest BCUT2D eigenvalue weighted by Gasteiger charge is 2.24. The smallest absolute Gasteiger partial charge is 0.254 e. The van der Waals surface area contributed by atoms with E-state index in [4.69, 9.17) is 10.5 Å². The molecule has 0 saturated heterocycles. The number of hydrogen-bond donors (Lipinski definition) is 3. The normalized spacial score (nSPS) is 17.2. The molecule has 0 bridgehead atoms. The van der Waals surface area contributed by atoms with Crippen LogP contribution in [0, 0.1) is 0 Å². The fraction of sp³-hybridized carbons (Fsp3) is 0.320. The molecule has 5 rings (SSSR count). The first kappa shape index (κ1) is 21.2. The van der Waals surface area contributed by atoms with Gasteiger partial charge < -0.3 is 26.0 Å². The lowest BCUT2D eigenvalue weighted by Gasteiger charge is -2.26. The maximum atomic E-state index is 12.1. The van der Waals surface area contributed by atoms with Crippen LogP contribution in [-0.2, 0) is 19.4 Å². The second-order valence-electron chi connectivity index (χ2n) is 8.69. The Balaban J connectivity index is 1.45. The van der Waals surface area contributed by atoms with Gasteiger partial charge in [-0.25, -0.2) is 4.98 Å². The fourth-order valence-electron chi connectivity index (χ4n) is 4.72. The first-order valence-electron chi connectivity index (χ1n) is 11.2. The minimum Gasteiger partial charge on any atom is -0.495 e. The van der Waals surface area contributed by atoms with Gasteiger partial charge in [0, 0.05) is 19.3 Å². The number of hydrogen-bond acceptors (Lipinski definition) is 7. The average Bonchev–Trinajstić information content (AvgIpc) is 3.21. The zero-order valence-electron chi connectivity index (χ0n) is 18.9. The third kappa shape index (κ3) is 4.21. The minimum atomic E-state index is -0.565. The summed E-state index contributed by atoms with van der Waals surface area (Å²) in [7, 11) is 3.77. The van der Waals surface area contributed by atoms with Crippen LogP contribution in [0.2, 0.25) is 0 Å². The van der Waals surface area contributed by atoms with Crippen LogP contribution in [0.1, 0.15) is 45.1 Å². The van der Waals surface area contributed by atoms with Crippen LogP contribution >= 0.6 is 0 Å². The van der Waals surface area contributed by atoms with Crippen molar-refractivity contribution in [2.24, 2.45) is 5.73 Å². The van der Waals surface area contributed by atoms with Crippen molar-refractivity contribution in [1.82, 2.24) is 14.9 Å². The third-order valence-corrected chi connectivity index (χ3v) is 6.47. The zero-order chi connectivity index (χ0) is 22.9. The summed E-state index contributed by atoms with van der Waals surface area (Å²) in [6.07, 6.45) is 4.37. The van der Waals surface area contributed by atoms with E-state index in [-0.39, 0.29) is 11.6 Å².